The molecule has 2 aromatic rings. The molecule has 0 radical (unpaired) electrons. The Morgan fingerprint density at radius 1 is 1.41 bits per heavy atom. The van der Waals surface area contributed by atoms with Crippen molar-refractivity contribution < 1.29 is 18.8 Å². The van der Waals surface area contributed by atoms with Gasteiger partial charge in [0.05, 0.1) is 16.9 Å². The molecule has 3 rings (SSSR count). The second kappa shape index (κ2) is 7.91. The molecule has 0 fully saturated rings. The Morgan fingerprint density at radius 2 is 2.03 bits per heavy atom. The standard InChI is InChI=1S/C20H19BrClFN2O3S/c1-19(2,3)29(28)24-11-20(12-7-5-4-6-8-12)10-13-15(25(20)18(26)27)9-14(23)17(22)16(13)21/h4-9,11H,10H2,1-3H3,(H,26,27)/t20-,29?/m1/s1. The van der Waals surface area contributed by atoms with E-state index in [2.05, 4.69) is 20.3 Å². The zero-order chi connectivity index (χ0) is 21.6. The number of carboxylic acid groups (broad SMARTS) is 1. The predicted octanol–water partition coefficient (Wildman–Crippen LogP) is 5.71. The van der Waals surface area contributed by atoms with Crippen LogP contribution in [0, 0.1) is 5.82 Å². The van der Waals surface area contributed by atoms with E-state index in [9.17, 15) is 18.8 Å². The number of rotatable bonds is 3. The first kappa shape index (κ1) is 22.1. The lowest BCUT2D eigenvalue weighted by atomic mass is 9.87. The van der Waals surface area contributed by atoms with Crippen molar-refractivity contribution in [2.24, 2.45) is 4.40 Å². The predicted molar refractivity (Wildman–Crippen MR) is 118 cm³/mol. The first-order chi connectivity index (χ1) is 13.5. The van der Waals surface area contributed by atoms with Gasteiger partial charge in [-0.15, -0.1) is 0 Å². The molecule has 9 heteroatoms. The summed E-state index contributed by atoms with van der Waals surface area (Å²) in [6.07, 6.45) is 0.273. The van der Waals surface area contributed by atoms with Crippen LogP contribution >= 0.6 is 27.5 Å². The highest BCUT2D eigenvalue weighted by Gasteiger charge is 2.50. The largest absolute Gasteiger partial charge is 0.591 e. The minimum absolute atomic E-state index is 0.117. The maximum atomic E-state index is 14.3. The van der Waals surface area contributed by atoms with Crippen LogP contribution in [0.25, 0.3) is 0 Å². The van der Waals surface area contributed by atoms with Crippen molar-refractivity contribution in [2.45, 2.75) is 37.5 Å². The van der Waals surface area contributed by atoms with Crippen LogP contribution in [0.1, 0.15) is 31.9 Å². The Morgan fingerprint density at radius 3 is 2.59 bits per heavy atom. The average molecular weight is 502 g/mol. The first-order valence-electron chi connectivity index (χ1n) is 8.71. The summed E-state index contributed by atoms with van der Waals surface area (Å²) in [5.41, 5.74) is 0.0335. The summed E-state index contributed by atoms with van der Waals surface area (Å²) in [4.78, 5) is 13.4. The summed E-state index contributed by atoms with van der Waals surface area (Å²) < 4.78 is 30.8. The van der Waals surface area contributed by atoms with Gasteiger partial charge in [-0.1, -0.05) is 46.3 Å². The van der Waals surface area contributed by atoms with Crippen LogP contribution in [0.5, 0.6) is 0 Å². The highest BCUT2D eigenvalue weighted by Crippen LogP contribution is 2.49. The summed E-state index contributed by atoms with van der Waals surface area (Å²) in [7, 11) is 0. The average Bonchev–Trinajstić information content (AvgIpc) is 2.99. The molecule has 1 N–H and O–H groups in total. The minimum Gasteiger partial charge on any atom is -0.591 e. The van der Waals surface area contributed by atoms with Gasteiger partial charge in [-0.05, 0) is 53.9 Å². The lowest BCUT2D eigenvalue weighted by Gasteiger charge is -2.34. The molecule has 1 heterocycles. The molecule has 0 saturated heterocycles. The van der Waals surface area contributed by atoms with E-state index in [1.54, 1.807) is 51.1 Å². The van der Waals surface area contributed by atoms with Crippen molar-refractivity contribution in [3.8, 4) is 0 Å². The van der Waals surface area contributed by atoms with E-state index in [0.29, 0.717) is 15.6 Å². The van der Waals surface area contributed by atoms with Gasteiger partial charge < -0.3 is 9.66 Å². The Hall–Kier alpha value is -1.61. The zero-order valence-electron chi connectivity index (χ0n) is 15.9. The van der Waals surface area contributed by atoms with Gasteiger partial charge in [0, 0.05) is 10.9 Å². The number of fused-ring (bicyclic) bond motifs is 1. The van der Waals surface area contributed by atoms with Gasteiger partial charge in [0.15, 0.2) is 0 Å². The molecule has 0 spiro atoms. The molecule has 1 amide bonds. The highest BCUT2D eigenvalue weighted by molar-refractivity contribution is 9.10. The monoisotopic (exact) mass is 500 g/mol. The van der Waals surface area contributed by atoms with E-state index in [0.717, 1.165) is 11.0 Å². The van der Waals surface area contributed by atoms with Crippen molar-refractivity contribution in [2.75, 3.05) is 4.90 Å². The van der Waals surface area contributed by atoms with Crippen molar-refractivity contribution in [1.82, 2.24) is 0 Å². The van der Waals surface area contributed by atoms with E-state index in [-0.39, 0.29) is 17.1 Å². The van der Waals surface area contributed by atoms with Crippen molar-refractivity contribution in [1.29, 1.82) is 0 Å². The molecule has 2 aromatic carbocycles. The number of hydrogen-bond donors (Lipinski definition) is 1. The second-order valence-corrected chi connectivity index (χ2v) is 10.8. The zero-order valence-corrected chi connectivity index (χ0v) is 19.1. The fraction of sp³-hybridized carbons (Fsp3) is 0.300. The van der Waals surface area contributed by atoms with Gasteiger partial charge in [0.2, 0.25) is 0 Å². The molecule has 0 aromatic heterocycles. The van der Waals surface area contributed by atoms with Crippen LogP contribution in [0.3, 0.4) is 0 Å². The molecule has 1 aliphatic heterocycles. The van der Waals surface area contributed by atoms with Crippen molar-refractivity contribution >= 4 is 56.9 Å². The normalized spacial score (nSPS) is 20.2. The first-order valence-corrected chi connectivity index (χ1v) is 11.0. The quantitative estimate of drug-likeness (QED) is 0.332. The molecule has 1 unspecified atom stereocenters. The third-order valence-electron chi connectivity index (χ3n) is 4.68. The van der Waals surface area contributed by atoms with E-state index >= 15 is 0 Å². The fourth-order valence-electron chi connectivity index (χ4n) is 3.25. The Bertz CT molecular complexity index is 984. The van der Waals surface area contributed by atoms with Crippen LogP contribution in [-0.4, -0.2) is 26.7 Å². The maximum absolute atomic E-state index is 14.3. The Balaban J connectivity index is 2.27. The van der Waals surface area contributed by atoms with Crippen molar-refractivity contribution in [3.63, 3.8) is 0 Å². The van der Waals surface area contributed by atoms with Gasteiger partial charge in [-0.25, -0.2) is 9.18 Å². The van der Waals surface area contributed by atoms with E-state index in [1.165, 1.54) is 6.21 Å². The van der Waals surface area contributed by atoms with Gasteiger partial charge in [0.1, 0.15) is 27.5 Å². The van der Waals surface area contributed by atoms with Gasteiger partial charge in [-0.2, -0.15) is 0 Å². The van der Waals surface area contributed by atoms with Crippen LogP contribution in [0.15, 0.2) is 45.3 Å². The number of carbonyl (C=O) groups is 1. The van der Waals surface area contributed by atoms with Crippen LogP contribution in [-0.2, 0) is 23.3 Å². The summed E-state index contributed by atoms with van der Waals surface area (Å²) in [6, 6.07) is 9.99. The molecule has 0 bridgehead atoms. The maximum Gasteiger partial charge on any atom is 0.412 e. The van der Waals surface area contributed by atoms with E-state index < -0.39 is 33.6 Å². The summed E-state index contributed by atoms with van der Waals surface area (Å²) in [5.74, 6) is -0.734. The van der Waals surface area contributed by atoms with Gasteiger partial charge in [0.25, 0.3) is 0 Å². The number of benzene rings is 2. The number of anilines is 1. The molecule has 29 heavy (non-hydrogen) atoms. The lowest BCUT2D eigenvalue weighted by molar-refractivity contribution is 0.197. The molecule has 154 valence electrons. The molecular weight excluding hydrogens is 483 g/mol. The third-order valence-corrected chi connectivity index (χ3v) is 7.49. The van der Waals surface area contributed by atoms with Gasteiger partial charge in [-0.3, -0.25) is 4.90 Å². The summed E-state index contributed by atoms with van der Waals surface area (Å²) in [6.45, 7) is 5.33. The number of halogens is 3. The molecule has 5 nitrogen and oxygen atoms in total. The highest BCUT2D eigenvalue weighted by atomic mass is 79.9. The van der Waals surface area contributed by atoms with Crippen LogP contribution in [0.2, 0.25) is 5.02 Å². The third kappa shape index (κ3) is 3.91. The number of nitrogens with zero attached hydrogens (tertiary/aromatic N) is 2. The Labute approximate surface area is 185 Å². The molecule has 1 aliphatic rings. The van der Waals surface area contributed by atoms with E-state index in [4.69, 9.17) is 11.6 Å². The number of hydrogen-bond acceptors (Lipinski definition) is 3. The molecular formula is C20H19BrClFN2O3S. The topological polar surface area (TPSA) is 76.0 Å². The summed E-state index contributed by atoms with van der Waals surface area (Å²) >= 11 is 7.74. The minimum atomic E-state index is -1.60. The lowest BCUT2D eigenvalue weighted by Crippen LogP contribution is -2.49. The smallest absolute Gasteiger partial charge is 0.412 e. The fourth-order valence-corrected chi connectivity index (χ4v) is 4.54. The van der Waals surface area contributed by atoms with Crippen molar-refractivity contribution in [3.05, 3.63) is 62.8 Å². The van der Waals surface area contributed by atoms with Gasteiger partial charge >= 0.3 is 6.09 Å². The molecule has 0 saturated carbocycles. The SMILES string of the molecule is CC(C)(C)[S+]([O-])N=C[C@@]1(c2ccccc2)Cc2c(cc(F)c(Cl)c2Br)N1C(=O)O. The number of amides is 1. The van der Waals surface area contributed by atoms with Crippen LogP contribution < -0.4 is 4.90 Å². The summed E-state index contributed by atoms with van der Waals surface area (Å²) in [5, 5.41) is 9.93. The Kier molecular flexibility index (Phi) is 6.02. The second-order valence-electron chi connectivity index (χ2n) is 7.67. The van der Waals surface area contributed by atoms with E-state index in [1.807, 2.05) is 0 Å². The molecule has 0 aliphatic carbocycles. The molecule has 2 atom stereocenters. The van der Waals surface area contributed by atoms with Crippen LogP contribution in [0.4, 0.5) is 14.9 Å².